The zero-order valence-electron chi connectivity index (χ0n) is 13.3. The quantitative estimate of drug-likeness (QED) is 0.247. The van der Waals surface area contributed by atoms with Gasteiger partial charge in [-0.2, -0.15) is 13.2 Å². The lowest BCUT2D eigenvalue weighted by molar-refractivity contribution is -0.137. The molecule has 0 nitrogen and oxygen atoms in total. The van der Waals surface area contributed by atoms with Gasteiger partial charge in [-0.3, -0.25) is 0 Å². The van der Waals surface area contributed by atoms with E-state index in [4.69, 9.17) is 0 Å². The van der Waals surface area contributed by atoms with Crippen molar-refractivity contribution in [2.24, 2.45) is 0 Å². The van der Waals surface area contributed by atoms with Crippen LogP contribution in [-0.4, -0.2) is 0 Å². The number of hydrogen-bond donors (Lipinski definition) is 0. The smallest absolute Gasteiger partial charge is 0.166 e. The van der Waals surface area contributed by atoms with Crippen LogP contribution in [0, 0.1) is 13.8 Å². The van der Waals surface area contributed by atoms with E-state index in [2.05, 4.69) is 12.1 Å². The highest BCUT2D eigenvalue weighted by Gasteiger charge is 2.30. The number of rotatable bonds is 0. The number of aryl methyl sites for hydroxylation is 2. The summed E-state index contributed by atoms with van der Waals surface area (Å²) in [6.45, 7) is 3.89. The van der Waals surface area contributed by atoms with Gasteiger partial charge in [-0.25, -0.2) is 0 Å². The van der Waals surface area contributed by atoms with Crippen molar-refractivity contribution in [1.29, 1.82) is 0 Å². The highest BCUT2D eigenvalue weighted by atomic mass is 19.4. The number of halogens is 3. The van der Waals surface area contributed by atoms with Crippen LogP contribution in [0.5, 0.6) is 0 Å². The Labute approximate surface area is 137 Å². The van der Waals surface area contributed by atoms with Gasteiger partial charge in [-0.05, 0) is 69.4 Å². The van der Waals surface area contributed by atoms with Crippen molar-refractivity contribution in [3.63, 3.8) is 0 Å². The van der Waals surface area contributed by atoms with Gasteiger partial charge in [0.15, 0.2) is 0 Å². The third-order valence-electron chi connectivity index (χ3n) is 4.86. The highest BCUT2D eigenvalue weighted by Crippen LogP contribution is 2.39. The maximum absolute atomic E-state index is 13.1. The minimum atomic E-state index is -4.33. The van der Waals surface area contributed by atoms with Crippen LogP contribution in [0.1, 0.15) is 16.7 Å². The first-order valence-electron chi connectivity index (χ1n) is 7.79. The summed E-state index contributed by atoms with van der Waals surface area (Å²) >= 11 is 0. The Bertz CT molecular complexity index is 1100. The summed E-state index contributed by atoms with van der Waals surface area (Å²) in [5.74, 6) is 0. The molecule has 0 atom stereocenters. The summed E-state index contributed by atoms with van der Waals surface area (Å²) in [5.41, 5.74) is 1.32. The number of alkyl halides is 3. The summed E-state index contributed by atoms with van der Waals surface area (Å²) < 4.78 is 39.2. The minimum Gasteiger partial charge on any atom is -0.166 e. The van der Waals surface area contributed by atoms with Gasteiger partial charge in [0.1, 0.15) is 0 Å². The maximum atomic E-state index is 13.1. The Morgan fingerprint density at radius 2 is 1.38 bits per heavy atom. The van der Waals surface area contributed by atoms with Crippen LogP contribution in [0.15, 0.2) is 54.6 Å². The summed E-state index contributed by atoms with van der Waals surface area (Å²) in [7, 11) is 0. The Hall–Kier alpha value is -2.55. The predicted octanol–water partition coefficient (Wildman–Crippen LogP) is 6.78. The van der Waals surface area contributed by atoms with Crippen molar-refractivity contribution in [1.82, 2.24) is 0 Å². The van der Waals surface area contributed by atoms with Crippen molar-refractivity contribution < 1.29 is 13.2 Å². The largest absolute Gasteiger partial charge is 0.416 e. The van der Waals surface area contributed by atoms with E-state index in [1.807, 2.05) is 38.1 Å². The molecular weight excluding hydrogens is 309 g/mol. The SMILES string of the molecule is Cc1c2cc(C(F)(F)F)ccc2c(C)c2c1ccc1ccccc12. The molecule has 4 aromatic rings. The number of hydrogen-bond acceptors (Lipinski definition) is 0. The van der Waals surface area contributed by atoms with Gasteiger partial charge in [0, 0.05) is 0 Å². The molecule has 0 aliphatic rings. The summed E-state index contributed by atoms with van der Waals surface area (Å²) in [6.07, 6.45) is -4.33. The molecule has 4 rings (SSSR count). The first-order valence-corrected chi connectivity index (χ1v) is 7.79. The molecule has 0 saturated carbocycles. The van der Waals surface area contributed by atoms with Gasteiger partial charge in [-0.15, -0.1) is 0 Å². The van der Waals surface area contributed by atoms with Gasteiger partial charge in [0.25, 0.3) is 0 Å². The van der Waals surface area contributed by atoms with Crippen LogP contribution in [-0.2, 0) is 6.18 Å². The average molecular weight is 324 g/mol. The molecule has 0 fully saturated rings. The summed E-state index contributed by atoms with van der Waals surface area (Å²) in [5, 5.41) is 5.96. The Morgan fingerprint density at radius 1 is 0.667 bits per heavy atom. The maximum Gasteiger partial charge on any atom is 0.416 e. The molecule has 0 spiro atoms. The molecule has 120 valence electrons. The van der Waals surface area contributed by atoms with Crippen molar-refractivity contribution in [3.05, 3.63) is 71.3 Å². The Kier molecular flexibility index (Phi) is 3.11. The second kappa shape index (κ2) is 4.97. The summed E-state index contributed by atoms with van der Waals surface area (Å²) in [6, 6.07) is 16.2. The molecule has 0 N–H and O–H groups in total. The van der Waals surface area contributed by atoms with Gasteiger partial charge >= 0.3 is 6.18 Å². The number of fused-ring (bicyclic) bond motifs is 4. The van der Waals surface area contributed by atoms with E-state index in [9.17, 15) is 13.2 Å². The molecule has 0 aromatic heterocycles. The second-order valence-electron chi connectivity index (χ2n) is 6.22. The molecule has 0 bridgehead atoms. The molecule has 0 aliphatic heterocycles. The second-order valence-corrected chi connectivity index (χ2v) is 6.22. The lowest BCUT2D eigenvalue weighted by Crippen LogP contribution is -2.04. The zero-order valence-corrected chi connectivity index (χ0v) is 13.3. The van der Waals surface area contributed by atoms with Gasteiger partial charge in [0.2, 0.25) is 0 Å². The fourth-order valence-corrected chi connectivity index (χ4v) is 3.63. The lowest BCUT2D eigenvalue weighted by atomic mass is 9.89. The molecule has 24 heavy (non-hydrogen) atoms. The van der Waals surface area contributed by atoms with Crippen molar-refractivity contribution in [2.45, 2.75) is 20.0 Å². The summed E-state index contributed by atoms with van der Waals surface area (Å²) in [4.78, 5) is 0. The van der Waals surface area contributed by atoms with E-state index in [1.54, 1.807) is 6.07 Å². The molecular formula is C21H15F3. The molecule has 0 radical (unpaired) electrons. The molecule has 0 unspecified atom stereocenters. The van der Waals surface area contributed by atoms with Crippen LogP contribution >= 0.6 is 0 Å². The van der Waals surface area contributed by atoms with Crippen LogP contribution in [0.3, 0.4) is 0 Å². The van der Waals surface area contributed by atoms with Crippen LogP contribution in [0.4, 0.5) is 13.2 Å². The lowest BCUT2D eigenvalue weighted by Gasteiger charge is -2.16. The molecule has 0 heterocycles. The van der Waals surface area contributed by atoms with E-state index in [-0.39, 0.29) is 0 Å². The van der Waals surface area contributed by atoms with Gasteiger partial charge in [0.05, 0.1) is 5.56 Å². The predicted molar refractivity (Wildman–Crippen MR) is 93.4 cm³/mol. The van der Waals surface area contributed by atoms with E-state index < -0.39 is 11.7 Å². The molecule has 4 aromatic carbocycles. The molecule has 3 heteroatoms. The standard InChI is InChI=1S/C21H15F3/c1-12-17-9-7-14-5-3-4-6-18(14)20(17)13(2)16-10-8-15(11-19(12)16)21(22,23)24/h3-11H,1-2H3. The molecule has 0 amide bonds. The zero-order chi connectivity index (χ0) is 17.1. The fraction of sp³-hybridized carbons (Fsp3) is 0.143. The molecule has 0 saturated heterocycles. The first kappa shape index (κ1) is 15.0. The van der Waals surface area contributed by atoms with E-state index in [1.165, 1.54) is 12.1 Å². The third-order valence-corrected chi connectivity index (χ3v) is 4.86. The van der Waals surface area contributed by atoms with E-state index >= 15 is 0 Å². The highest BCUT2D eigenvalue weighted by molar-refractivity contribution is 6.16. The van der Waals surface area contributed by atoms with E-state index in [0.717, 1.165) is 38.1 Å². The normalized spacial score (nSPS) is 12.4. The van der Waals surface area contributed by atoms with Crippen molar-refractivity contribution >= 4 is 32.3 Å². The fourth-order valence-electron chi connectivity index (χ4n) is 3.63. The number of benzene rings is 4. The average Bonchev–Trinajstić information content (AvgIpc) is 2.57. The Morgan fingerprint density at radius 3 is 2.12 bits per heavy atom. The van der Waals surface area contributed by atoms with E-state index in [0.29, 0.717) is 5.39 Å². The third kappa shape index (κ3) is 2.08. The monoisotopic (exact) mass is 324 g/mol. The topological polar surface area (TPSA) is 0 Å². The molecule has 0 aliphatic carbocycles. The van der Waals surface area contributed by atoms with Gasteiger partial charge in [-0.1, -0.05) is 42.5 Å². The van der Waals surface area contributed by atoms with Crippen LogP contribution in [0.25, 0.3) is 32.3 Å². The van der Waals surface area contributed by atoms with Crippen molar-refractivity contribution in [2.75, 3.05) is 0 Å². The first-order chi connectivity index (χ1) is 11.4. The Balaban J connectivity index is 2.21. The van der Waals surface area contributed by atoms with Crippen LogP contribution in [0.2, 0.25) is 0 Å². The van der Waals surface area contributed by atoms with Crippen molar-refractivity contribution in [3.8, 4) is 0 Å². The van der Waals surface area contributed by atoms with Crippen LogP contribution < -0.4 is 0 Å². The van der Waals surface area contributed by atoms with Gasteiger partial charge < -0.3 is 0 Å². The minimum absolute atomic E-state index is 0.599.